The third-order valence-corrected chi connectivity index (χ3v) is 3.98. The highest BCUT2D eigenvalue weighted by Gasteiger charge is 2.36. The summed E-state index contributed by atoms with van der Waals surface area (Å²) in [7, 11) is 0. The highest BCUT2D eigenvalue weighted by molar-refractivity contribution is 5.07. The first-order valence-electron chi connectivity index (χ1n) is 6.54. The van der Waals surface area contributed by atoms with Crippen LogP contribution < -0.4 is 5.32 Å². The molecule has 1 fully saturated rings. The van der Waals surface area contributed by atoms with Crippen molar-refractivity contribution >= 4 is 0 Å². The van der Waals surface area contributed by atoms with Gasteiger partial charge in [-0.05, 0) is 42.7 Å². The minimum Gasteiger partial charge on any atom is -0.389 e. The quantitative estimate of drug-likeness (QED) is 0.752. The maximum absolute atomic E-state index is 10.5. The topological polar surface area (TPSA) is 48.0 Å². The van der Waals surface area contributed by atoms with Crippen molar-refractivity contribution < 1.29 is 5.11 Å². The van der Waals surface area contributed by atoms with Crippen molar-refractivity contribution in [2.45, 2.75) is 51.7 Å². The van der Waals surface area contributed by atoms with Crippen molar-refractivity contribution in [3.05, 3.63) is 24.0 Å². The summed E-state index contributed by atoms with van der Waals surface area (Å²) in [6.45, 7) is 6.11. The molecule has 0 aliphatic heterocycles. The molecule has 17 heavy (non-hydrogen) atoms. The summed E-state index contributed by atoms with van der Waals surface area (Å²) in [5, 5.41) is 13.8. The minimum atomic E-state index is -0.494. The Labute approximate surface area is 104 Å². The molecule has 0 radical (unpaired) electrons. The van der Waals surface area contributed by atoms with Gasteiger partial charge in [0, 0.05) is 25.5 Å². The fraction of sp³-hybridized carbons (Fsp3) is 0.714. The molecule has 96 valence electrons. The van der Waals surface area contributed by atoms with Gasteiger partial charge in [-0.3, -0.25) is 0 Å². The van der Waals surface area contributed by atoms with Crippen LogP contribution >= 0.6 is 0 Å². The van der Waals surface area contributed by atoms with Crippen molar-refractivity contribution in [1.29, 1.82) is 0 Å². The monoisotopic (exact) mass is 236 g/mol. The van der Waals surface area contributed by atoms with E-state index in [0.717, 1.165) is 32.2 Å². The lowest BCUT2D eigenvalue weighted by molar-refractivity contribution is -0.0245. The third-order valence-electron chi connectivity index (χ3n) is 3.98. The SMILES string of the molecule is CC1(C)CCC(O)(CNCc2cc[nH]c2)CC1. The molecule has 1 saturated carbocycles. The Balaban J connectivity index is 1.75. The second kappa shape index (κ2) is 4.83. The smallest absolute Gasteiger partial charge is 0.0772 e. The van der Waals surface area contributed by atoms with E-state index in [1.807, 2.05) is 12.4 Å². The number of rotatable bonds is 4. The molecular formula is C14H24N2O. The first kappa shape index (κ1) is 12.7. The molecule has 0 atom stereocenters. The second-order valence-corrected chi connectivity index (χ2v) is 6.21. The Hall–Kier alpha value is -0.800. The Morgan fingerprint density at radius 2 is 2.00 bits per heavy atom. The molecule has 0 bridgehead atoms. The molecule has 0 spiro atoms. The summed E-state index contributed by atoms with van der Waals surface area (Å²) in [5.74, 6) is 0. The number of nitrogens with one attached hydrogen (secondary N) is 2. The van der Waals surface area contributed by atoms with Gasteiger partial charge in [0.2, 0.25) is 0 Å². The van der Waals surface area contributed by atoms with Gasteiger partial charge in [-0.25, -0.2) is 0 Å². The number of aromatic amines is 1. The number of hydrogen-bond acceptors (Lipinski definition) is 2. The molecule has 0 aromatic carbocycles. The molecule has 1 aromatic heterocycles. The van der Waals surface area contributed by atoms with Crippen LogP contribution in [0.1, 0.15) is 45.1 Å². The maximum Gasteiger partial charge on any atom is 0.0772 e. The Morgan fingerprint density at radius 1 is 1.29 bits per heavy atom. The molecule has 1 heterocycles. The highest BCUT2D eigenvalue weighted by atomic mass is 16.3. The van der Waals surface area contributed by atoms with Crippen LogP contribution in [-0.2, 0) is 6.54 Å². The van der Waals surface area contributed by atoms with Crippen LogP contribution in [0.2, 0.25) is 0 Å². The van der Waals surface area contributed by atoms with Crippen molar-refractivity contribution in [2.75, 3.05) is 6.54 Å². The minimum absolute atomic E-state index is 0.410. The van der Waals surface area contributed by atoms with Crippen LogP contribution in [0.4, 0.5) is 0 Å². The Morgan fingerprint density at radius 3 is 2.59 bits per heavy atom. The first-order chi connectivity index (χ1) is 7.99. The molecular weight excluding hydrogens is 212 g/mol. The number of H-pyrrole nitrogens is 1. The normalized spacial score (nSPS) is 22.5. The zero-order chi connectivity index (χ0) is 12.4. The Kier molecular flexibility index (Phi) is 3.59. The lowest BCUT2D eigenvalue weighted by atomic mass is 9.71. The summed E-state index contributed by atoms with van der Waals surface area (Å²) in [6.07, 6.45) is 7.99. The molecule has 0 unspecified atom stereocenters. The predicted octanol–water partition coefficient (Wildman–Crippen LogP) is 2.44. The van der Waals surface area contributed by atoms with Crippen LogP contribution in [0.25, 0.3) is 0 Å². The molecule has 2 rings (SSSR count). The summed E-state index contributed by atoms with van der Waals surface area (Å²) in [4.78, 5) is 3.04. The molecule has 0 amide bonds. The highest BCUT2D eigenvalue weighted by Crippen LogP contribution is 2.39. The number of hydrogen-bond donors (Lipinski definition) is 3. The zero-order valence-corrected chi connectivity index (χ0v) is 10.9. The van der Waals surface area contributed by atoms with E-state index < -0.39 is 5.60 Å². The van der Waals surface area contributed by atoms with Gasteiger partial charge in [0.05, 0.1) is 5.60 Å². The van der Waals surface area contributed by atoms with Gasteiger partial charge in [-0.1, -0.05) is 13.8 Å². The summed E-state index contributed by atoms with van der Waals surface area (Å²) in [5.41, 5.74) is 1.16. The zero-order valence-electron chi connectivity index (χ0n) is 10.9. The van der Waals surface area contributed by atoms with Crippen molar-refractivity contribution in [2.24, 2.45) is 5.41 Å². The Bertz CT molecular complexity index is 333. The van der Waals surface area contributed by atoms with Gasteiger partial charge in [-0.15, -0.1) is 0 Å². The van der Waals surface area contributed by atoms with Gasteiger partial charge >= 0.3 is 0 Å². The van der Waals surface area contributed by atoms with Gasteiger partial charge in [0.1, 0.15) is 0 Å². The molecule has 3 nitrogen and oxygen atoms in total. The summed E-state index contributed by atoms with van der Waals surface area (Å²) >= 11 is 0. The van der Waals surface area contributed by atoms with Gasteiger partial charge in [0.25, 0.3) is 0 Å². The van der Waals surface area contributed by atoms with Crippen LogP contribution in [0.15, 0.2) is 18.5 Å². The van der Waals surface area contributed by atoms with Crippen molar-refractivity contribution in [1.82, 2.24) is 10.3 Å². The van der Waals surface area contributed by atoms with Crippen LogP contribution in [-0.4, -0.2) is 22.2 Å². The molecule has 0 saturated heterocycles. The van der Waals surface area contributed by atoms with E-state index >= 15 is 0 Å². The van der Waals surface area contributed by atoms with E-state index in [1.165, 1.54) is 5.56 Å². The molecule has 3 heteroatoms. The van der Waals surface area contributed by atoms with Crippen molar-refractivity contribution in [3.63, 3.8) is 0 Å². The van der Waals surface area contributed by atoms with E-state index in [-0.39, 0.29) is 0 Å². The van der Waals surface area contributed by atoms with Crippen LogP contribution in [0.5, 0.6) is 0 Å². The lowest BCUT2D eigenvalue weighted by Crippen LogP contribution is -2.44. The third kappa shape index (κ3) is 3.58. The summed E-state index contributed by atoms with van der Waals surface area (Å²) in [6, 6.07) is 2.06. The molecule has 1 aliphatic rings. The largest absolute Gasteiger partial charge is 0.389 e. The average molecular weight is 236 g/mol. The van der Waals surface area contributed by atoms with Gasteiger partial charge in [-0.2, -0.15) is 0 Å². The first-order valence-corrected chi connectivity index (χ1v) is 6.54. The molecule has 3 N–H and O–H groups in total. The molecule has 1 aliphatic carbocycles. The average Bonchev–Trinajstić information content (AvgIpc) is 2.77. The number of aliphatic hydroxyl groups is 1. The standard InChI is InChI=1S/C14H24N2O/c1-13(2)4-6-14(17,7-5-13)11-16-10-12-3-8-15-9-12/h3,8-9,15-17H,4-7,10-11H2,1-2H3. The maximum atomic E-state index is 10.5. The van der Waals surface area contributed by atoms with E-state index in [1.54, 1.807) is 0 Å². The lowest BCUT2D eigenvalue weighted by Gasteiger charge is -2.40. The fourth-order valence-electron chi connectivity index (χ4n) is 2.48. The second-order valence-electron chi connectivity index (χ2n) is 6.21. The summed E-state index contributed by atoms with van der Waals surface area (Å²) < 4.78 is 0. The molecule has 1 aromatic rings. The van der Waals surface area contributed by atoms with E-state index in [2.05, 4.69) is 30.2 Å². The number of aromatic nitrogens is 1. The van der Waals surface area contributed by atoms with Gasteiger partial charge in [0.15, 0.2) is 0 Å². The van der Waals surface area contributed by atoms with Crippen LogP contribution in [0, 0.1) is 5.41 Å². The predicted molar refractivity (Wildman–Crippen MR) is 69.7 cm³/mol. The van der Waals surface area contributed by atoms with E-state index in [9.17, 15) is 5.11 Å². The van der Waals surface area contributed by atoms with Gasteiger partial charge < -0.3 is 15.4 Å². The van der Waals surface area contributed by atoms with Crippen molar-refractivity contribution in [3.8, 4) is 0 Å². The fourth-order valence-corrected chi connectivity index (χ4v) is 2.48. The van der Waals surface area contributed by atoms with E-state index in [4.69, 9.17) is 0 Å². The van der Waals surface area contributed by atoms with Crippen LogP contribution in [0.3, 0.4) is 0 Å². The van der Waals surface area contributed by atoms with E-state index in [0.29, 0.717) is 12.0 Å².